The second-order valence-electron chi connectivity index (χ2n) is 8.70. The summed E-state index contributed by atoms with van der Waals surface area (Å²) in [6, 6.07) is 4.55. The molecule has 1 amide bonds. The maximum Gasteiger partial charge on any atom is 0.224 e. The average molecular weight is 371 g/mol. The molecular formula is C22H34N4O. The molecule has 2 aliphatic heterocycles. The molecule has 2 saturated heterocycles. The molecule has 1 N–H and O–H groups in total. The van der Waals surface area contributed by atoms with Crippen molar-refractivity contribution in [1.29, 1.82) is 0 Å². The zero-order valence-electron chi connectivity index (χ0n) is 16.5. The van der Waals surface area contributed by atoms with Gasteiger partial charge in [0.25, 0.3) is 0 Å². The van der Waals surface area contributed by atoms with E-state index in [1.54, 1.807) is 0 Å². The first-order valence-electron chi connectivity index (χ1n) is 10.9. The quantitative estimate of drug-likeness (QED) is 0.885. The number of hydrogen-bond acceptors (Lipinski definition) is 4. The lowest BCUT2D eigenvalue weighted by Crippen LogP contribution is -2.56. The summed E-state index contributed by atoms with van der Waals surface area (Å²) in [5, 5.41) is 3.24. The van der Waals surface area contributed by atoms with Crippen molar-refractivity contribution in [2.45, 2.75) is 57.5 Å². The van der Waals surface area contributed by atoms with Crippen LogP contribution in [0, 0.1) is 11.8 Å². The van der Waals surface area contributed by atoms with Crippen molar-refractivity contribution in [3.8, 4) is 0 Å². The van der Waals surface area contributed by atoms with Gasteiger partial charge < -0.3 is 10.2 Å². The Morgan fingerprint density at radius 3 is 2.67 bits per heavy atom. The van der Waals surface area contributed by atoms with Crippen molar-refractivity contribution in [2.75, 3.05) is 32.7 Å². The highest BCUT2D eigenvalue weighted by molar-refractivity contribution is 5.79. The first kappa shape index (κ1) is 18.9. The van der Waals surface area contributed by atoms with E-state index in [0.717, 1.165) is 51.5 Å². The van der Waals surface area contributed by atoms with Gasteiger partial charge in [-0.1, -0.05) is 12.8 Å². The van der Waals surface area contributed by atoms with Crippen LogP contribution in [0.3, 0.4) is 0 Å². The van der Waals surface area contributed by atoms with Crippen molar-refractivity contribution in [3.63, 3.8) is 0 Å². The summed E-state index contributed by atoms with van der Waals surface area (Å²) in [5.74, 6) is 1.32. The number of piperidine rings is 1. The van der Waals surface area contributed by atoms with Gasteiger partial charge in [-0.2, -0.15) is 0 Å². The molecular weight excluding hydrogens is 336 g/mol. The molecule has 1 aromatic rings. The summed E-state index contributed by atoms with van der Waals surface area (Å²) >= 11 is 0. The lowest BCUT2D eigenvalue weighted by molar-refractivity contribution is -0.129. The number of carbonyl (C=O) groups is 1. The Hall–Kier alpha value is -1.46. The van der Waals surface area contributed by atoms with Gasteiger partial charge in [0, 0.05) is 44.6 Å². The van der Waals surface area contributed by atoms with Crippen molar-refractivity contribution < 1.29 is 4.79 Å². The van der Waals surface area contributed by atoms with Crippen LogP contribution >= 0.6 is 0 Å². The standard InChI is InChI=1S/C22H34N4O/c27-22-20-9-14-25(15-18-5-6-18)17-21(20)26(13-4-2-1-3-10-24-22)16-19-7-11-23-12-8-19/h7-8,11-12,18,20-21H,1-6,9-10,13-17H2,(H,24,27). The number of nitrogens with zero attached hydrogens (tertiary/aromatic N) is 3. The van der Waals surface area contributed by atoms with Gasteiger partial charge in [-0.25, -0.2) is 0 Å². The predicted molar refractivity (Wildman–Crippen MR) is 107 cm³/mol. The largest absolute Gasteiger partial charge is 0.356 e. The molecule has 3 fully saturated rings. The van der Waals surface area contributed by atoms with Gasteiger partial charge in [0.2, 0.25) is 5.91 Å². The van der Waals surface area contributed by atoms with E-state index in [4.69, 9.17) is 0 Å². The van der Waals surface area contributed by atoms with Gasteiger partial charge in [-0.3, -0.25) is 14.7 Å². The van der Waals surface area contributed by atoms with Crippen molar-refractivity contribution in [1.82, 2.24) is 20.1 Å². The Balaban J connectivity index is 1.53. The fourth-order valence-corrected chi connectivity index (χ4v) is 4.73. The number of rotatable bonds is 4. The Kier molecular flexibility index (Phi) is 6.40. The summed E-state index contributed by atoms with van der Waals surface area (Å²) < 4.78 is 0. The summed E-state index contributed by atoms with van der Waals surface area (Å²) in [7, 11) is 0. The second kappa shape index (κ2) is 9.16. The Bertz CT molecular complexity index is 604. The van der Waals surface area contributed by atoms with E-state index >= 15 is 0 Å². The molecule has 0 radical (unpaired) electrons. The third-order valence-electron chi connectivity index (χ3n) is 6.49. The van der Waals surface area contributed by atoms with E-state index in [0.29, 0.717) is 6.04 Å². The number of carbonyl (C=O) groups excluding carboxylic acids is 1. The number of aromatic nitrogens is 1. The molecule has 5 heteroatoms. The maximum atomic E-state index is 13.0. The predicted octanol–water partition coefficient (Wildman–Crippen LogP) is 2.67. The van der Waals surface area contributed by atoms with Crippen molar-refractivity contribution in [3.05, 3.63) is 30.1 Å². The maximum absolute atomic E-state index is 13.0. The van der Waals surface area contributed by atoms with Gasteiger partial charge >= 0.3 is 0 Å². The van der Waals surface area contributed by atoms with Gasteiger partial charge in [-0.05, 0) is 68.8 Å². The van der Waals surface area contributed by atoms with Crippen LogP contribution < -0.4 is 5.32 Å². The number of pyridine rings is 1. The first-order valence-corrected chi connectivity index (χ1v) is 10.9. The Morgan fingerprint density at radius 2 is 1.85 bits per heavy atom. The van der Waals surface area contributed by atoms with E-state index in [1.807, 2.05) is 12.4 Å². The van der Waals surface area contributed by atoms with Crippen LogP contribution in [-0.2, 0) is 11.3 Å². The van der Waals surface area contributed by atoms with E-state index in [2.05, 4.69) is 32.2 Å². The van der Waals surface area contributed by atoms with E-state index in [-0.39, 0.29) is 11.8 Å². The topological polar surface area (TPSA) is 48.5 Å². The highest BCUT2D eigenvalue weighted by Gasteiger charge is 2.38. The van der Waals surface area contributed by atoms with Crippen LogP contribution in [0.4, 0.5) is 0 Å². The molecule has 4 rings (SSSR count). The lowest BCUT2D eigenvalue weighted by Gasteiger charge is -2.43. The van der Waals surface area contributed by atoms with E-state index < -0.39 is 0 Å². The highest BCUT2D eigenvalue weighted by atomic mass is 16.1. The molecule has 1 aromatic heterocycles. The molecule has 0 spiro atoms. The monoisotopic (exact) mass is 370 g/mol. The summed E-state index contributed by atoms with van der Waals surface area (Å²) in [6.07, 6.45) is 12.4. The highest BCUT2D eigenvalue weighted by Crippen LogP contribution is 2.32. The van der Waals surface area contributed by atoms with E-state index in [9.17, 15) is 4.79 Å². The minimum absolute atomic E-state index is 0.125. The lowest BCUT2D eigenvalue weighted by atomic mass is 9.88. The fraction of sp³-hybridized carbons (Fsp3) is 0.727. The number of hydrogen-bond donors (Lipinski definition) is 1. The van der Waals surface area contributed by atoms with Gasteiger partial charge in [0.05, 0.1) is 5.92 Å². The van der Waals surface area contributed by atoms with Gasteiger partial charge in [0.15, 0.2) is 0 Å². The van der Waals surface area contributed by atoms with Crippen LogP contribution in [-0.4, -0.2) is 59.5 Å². The normalized spacial score (nSPS) is 28.8. The molecule has 3 heterocycles. The third kappa shape index (κ3) is 5.29. The van der Waals surface area contributed by atoms with Gasteiger partial charge in [-0.15, -0.1) is 0 Å². The minimum atomic E-state index is 0.125. The van der Waals surface area contributed by atoms with Crippen molar-refractivity contribution >= 4 is 5.91 Å². The molecule has 27 heavy (non-hydrogen) atoms. The number of fused-ring (bicyclic) bond motifs is 1. The third-order valence-corrected chi connectivity index (χ3v) is 6.49. The molecule has 0 aromatic carbocycles. The molecule has 5 nitrogen and oxygen atoms in total. The number of amides is 1. The minimum Gasteiger partial charge on any atom is -0.356 e. The zero-order valence-corrected chi connectivity index (χ0v) is 16.5. The average Bonchev–Trinajstić information content (AvgIpc) is 3.50. The Morgan fingerprint density at radius 1 is 1.04 bits per heavy atom. The SMILES string of the molecule is O=C1NCCCCCCN(Cc2ccncc2)C2CN(CC3CC3)CCC12. The fourth-order valence-electron chi connectivity index (χ4n) is 4.73. The smallest absolute Gasteiger partial charge is 0.224 e. The van der Waals surface area contributed by atoms with Crippen LogP contribution in [0.25, 0.3) is 0 Å². The number of likely N-dealkylation sites (tertiary alicyclic amines) is 1. The summed E-state index contributed by atoms with van der Waals surface area (Å²) in [5.41, 5.74) is 1.30. The molecule has 2 atom stereocenters. The first-order chi connectivity index (χ1) is 13.3. The molecule has 3 aliphatic rings. The number of nitrogens with one attached hydrogen (secondary N) is 1. The van der Waals surface area contributed by atoms with Crippen LogP contribution in [0.2, 0.25) is 0 Å². The molecule has 1 saturated carbocycles. The van der Waals surface area contributed by atoms with Crippen molar-refractivity contribution in [2.24, 2.45) is 11.8 Å². The van der Waals surface area contributed by atoms with Gasteiger partial charge in [0.1, 0.15) is 0 Å². The molecule has 1 aliphatic carbocycles. The summed E-state index contributed by atoms with van der Waals surface area (Å²) in [4.78, 5) is 22.3. The van der Waals surface area contributed by atoms with E-state index in [1.165, 1.54) is 44.2 Å². The molecule has 0 bridgehead atoms. The van der Waals surface area contributed by atoms with Crippen LogP contribution in [0.15, 0.2) is 24.5 Å². The molecule has 2 unspecified atom stereocenters. The molecule has 148 valence electrons. The summed E-state index contributed by atoms with van der Waals surface area (Å²) in [6.45, 7) is 6.21. The second-order valence-corrected chi connectivity index (χ2v) is 8.70. The zero-order chi connectivity index (χ0) is 18.5. The Labute approximate surface area is 163 Å². The van der Waals surface area contributed by atoms with Crippen LogP contribution in [0.1, 0.15) is 50.5 Å². The van der Waals surface area contributed by atoms with Crippen LogP contribution in [0.5, 0.6) is 0 Å².